The first-order valence-electron chi connectivity index (χ1n) is 6.02. The van der Waals surface area contributed by atoms with Crippen molar-refractivity contribution < 1.29 is 9.47 Å². The zero-order valence-electron chi connectivity index (χ0n) is 10.5. The van der Waals surface area contributed by atoms with Crippen LogP contribution in [0.4, 0.5) is 0 Å². The van der Waals surface area contributed by atoms with Gasteiger partial charge >= 0.3 is 0 Å². The first-order chi connectivity index (χ1) is 9.72. The van der Waals surface area contributed by atoms with E-state index in [1.54, 1.807) is 11.3 Å². The smallest absolute Gasteiger partial charge is 0.231 e. The Hall–Kier alpha value is -1.85. The van der Waals surface area contributed by atoms with Gasteiger partial charge in [-0.25, -0.2) is 9.97 Å². The van der Waals surface area contributed by atoms with Crippen molar-refractivity contribution >= 4 is 33.8 Å². The van der Waals surface area contributed by atoms with Gasteiger partial charge in [-0.2, -0.15) is 11.3 Å². The Bertz CT molecular complexity index is 831. The van der Waals surface area contributed by atoms with Crippen molar-refractivity contribution in [1.82, 2.24) is 9.97 Å². The minimum absolute atomic E-state index is 0.229. The van der Waals surface area contributed by atoms with Crippen LogP contribution in [0.2, 0.25) is 5.15 Å². The number of thiophene rings is 1. The Morgan fingerprint density at radius 2 is 1.95 bits per heavy atom. The van der Waals surface area contributed by atoms with E-state index in [0.717, 1.165) is 22.0 Å². The Kier molecular flexibility index (Phi) is 2.58. The molecule has 2 aromatic heterocycles. The molecule has 1 aromatic carbocycles. The summed E-state index contributed by atoms with van der Waals surface area (Å²) in [5, 5.41) is 5.29. The molecule has 4 rings (SSSR count). The standard InChI is InChI=1S/C14H9ClN2O2S/c1-7-4-20-5-9(7)14-16-10-3-12-11(18-6-19-12)2-8(10)13(15)17-14/h2-5H,6H2,1H3. The molecule has 0 N–H and O–H groups in total. The summed E-state index contributed by atoms with van der Waals surface area (Å²) in [7, 11) is 0. The third-order valence-electron chi connectivity index (χ3n) is 3.24. The molecule has 1 aliphatic heterocycles. The van der Waals surface area contributed by atoms with Crippen LogP contribution < -0.4 is 9.47 Å². The number of hydrogen-bond donors (Lipinski definition) is 0. The second kappa shape index (κ2) is 4.33. The molecule has 0 spiro atoms. The van der Waals surface area contributed by atoms with Gasteiger partial charge in [-0.1, -0.05) is 11.6 Å². The van der Waals surface area contributed by atoms with Gasteiger partial charge in [-0.15, -0.1) is 0 Å². The Balaban J connectivity index is 1.98. The average molecular weight is 305 g/mol. The van der Waals surface area contributed by atoms with E-state index in [2.05, 4.69) is 15.3 Å². The summed E-state index contributed by atoms with van der Waals surface area (Å²) in [4.78, 5) is 8.99. The molecule has 6 heteroatoms. The fraction of sp³-hybridized carbons (Fsp3) is 0.143. The van der Waals surface area contributed by atoms with Crippen molar-refractivity contribution in [2.24, 2.45) is 0 Å². The van der Waals surface area contributed by atoms with Crippen LogP contribution in [0.3, 0.4) is 0 Å². The lowest BCUT2D eigenvalue weighted by atomic mass is 10.2. The van der Waals surface area contributed by atoms with Crippen molar-refractivity contribution in [3.63, 3.8) is 0 Å². The highest BCUT2D eigenvalue weighted by Crippen LogP contribution is 2.38. The molecule has 3 aromatic rings. The highest BCUT2D eigenvalue weighted by molar-refractivity contribution is 7.08. The van der Waals surface area contributed by atoms with E-state index in [9.17, 15) is 0 Å². The fourth-order valence-electron chi connectivity index (χ4n) is 2.19. The summed E-state index contributed by atoms with van der Waals surface area (Å²) in [5.41, 5.74) is 2.91. The SMILES string of the molecule is Cc1cscc1-c1nc(Cl)c2cc3c(cc2n1)OCO3. The number of hydrogen-bond acceptors (Lipinski definition) is 5. The number of aromatic nitrogens is 2. The monoisotopic (exact) mass is 304 g/mol. The van der Waals surface area contributed by atoms with E-state index in [1.807, 2.05) is 24.4 Å². The Morgan fingerprint density at radius 3 is 2.70 bits per heavy atom. The van der Waals surface area contributed by atoms with Gasteiger partial charge in [0.15, 0.2) is 17.3 Å². The lowest BCUT2D eigenvalue weighted by molar-refractivity contribution is 0.174. The number of rotatable bonds is 1. The predicted molar refractivity (Wildman–Crippen MR) is 78.7 cm³/mol. The molecule has 0 atom stereocenters. The Morgan fingerprint density at radius 1 is 1.15 bits per heavy atom. The third kappa shape index (κ3) is 1.74. The molecule has 0 saturated carbocycles. The van der Waals surface area contributed by atoms with Crippen molar-refractivity contribution in [3.8, 4) is 22.9 Å². The minimum atomic E-state index is 0.229. The van der Waals surface area contributed by atoms with Gasteiger partial charge in [-0.05, 0) is 23.9 Å². The topological polar surface area (TPSA) is 44.2 Å². The number of aryl methyl sites for hydroxylation is 1. The summed E-state index contributed by atoms with van der Waals surface area (Å²) in [6.07, 6.45) is 0. The van der Waals surface area contributed by atoms with Crippen molar-refractivity contribution in [2.75, 3.05) is 6.79 Å². The second-order valence-electron chi connectivity index (χ2n) is 4.53. The predicted octanol–water partition coefficient (Wildman–Crippen LogP) is 4.05. The molecule has 0 saturated heterocycles. The van der Waals surface area contributed by atoms with Gasteiger partial charge in [0.25, 0.3) is 0 Å². The van der Waals surface area contributed by atoms with Gasteiger partial charge < -0.3 is 9.47 Å². The lowest BCUT2D eigenvalue weighted by Gasteiger charge is -2.05. The highest BCUT2D eigenvalue weighted by atomic mass is 35.5. The largest absolute Gasteiger partial charge is 0.454 e. The van der Waals surface area contributed by atoms with Gasteiger partial charge in [0.2, 0.25) is 6.79 Å². The first kappa shape index (κ1) is 11.9. The molecule has 20 heavy (non-hydrogen) atoms. The summed E-state index contributed by atoms with van der Waals surface area (Å²) in [6.45, 7) is 2.26. The quantitative estimate of drug-likeness (QED) is 0.636. The second-order valence-corrected chi connectivity index (χ2v) is 5.63. The zero-order valence-corrected chi connectivity index (χ0v) is 12.1. The summed E-state index contributed by atoms with van der Waals surface area (Å²) in [6, 6.07) is 3.67. The number of ether oxygens (including phenoxy) is 2. The average Bonchev–Trinajstić information content (AvgIpc) is 3.04. The van der Waals surface area contributed by atoms with Gasteiger partial charge in [0, 0.05) is 22.4 Å². The molecule has 1 aliphatic rings. The minimum Gasteiger partial charge on any atom is -0.454 e. The van der Waals surface area contributed by atoms with E-state index < -0.39 is 0 Å². The van der Waals surface area contributed by atoms with Crippen LogP contribution in [0.25, 0.3) is 22.3 Å². The number of fused-ring (bicyclic) bond motifs is 2. The van der Waals surface area contributed by atoms with Crippen molar-refractivity contribution in [1.29, 1.82) is 0 Å². The normalized spacial score (nSPS) is 13.1. The van der Waals surface area contributed by atoms with E-state index in [1.165, 1.54) is 0 Å². The van der Waals surface area contributed by atoms with Crippen LogP contribution in [0, 0.1) is 6.92 Å². The van der Waals surface area contributed by atoms with Gasteiger partial charge in [0.05, 0.1) is 5.52 Å². The van der Waals surface area contributed by atoms with Crippen LogP contribution in [-0.4, -0.2) is 16.8 Å². The summed E-state index contributed by atoms with van der Waals surface area (Å²) in [5.74, 6) is 2.02. The van der Waals surface area contributed by atoms with Crippen LogP contribution in [-0.2, 0) is 0 Å². The fourth-order valence-corrected chi connectivity index (χ4v) is 3.25. The Labute approximate surface area is 124 Å². The molecule has 0 fully saturated rings. The van der Waals surface area contributed by atoms with Crippen molar-refractivity contribution in [2.45, 2.75) is 6.92 Å². The number of halogens is 1. The van der Waals surface area contributed by atoms with E-state index in [0.29, 0.717) is 22.5 Å². The molecule has 0 bridgehead atoms. The zero-order chi connectivity index (χ0) is 13.7. The third-order valence-corrected chi connectivity index (χ3v) is 4.39. The molecule has 4 nitrogen and oxygen atoms in total. The molecule has 100 valence electrons. The van der Waals surface area contributed by atoms with E-state index in [-0.39, 0.29) is 6.79 Å². The maximum absolute atomic E-state index is 6.29. The van der Waals surface area contributed by atoms with E-state index >= 15 is 0 Å². The summed E-state index contributed by atoms with van der Waals surface area (Å²) < 4.78 is 10.7. The van der Waals surface area contributed by atoms with Gasteiger partial charge in [0.1, 0.15) is 5.15 Å². The number of benzene rings is 1. The van der Waals surface area contributed by atoms with Crippen LogP contribution in [0.15, 0.2) is 22.9 Å². The van der Waals surface area contributed by atoms with E-state index in [4.69, 9.17) is 21.1 Å². The van der Waals surface area contributed by atoms with Gasteiger partial charge in [-0.3, -0.25) is 0 Å². The number of nitrogens with zero attached hydrogens (tertiary/aromatic N) is 2. The lowest BCUT2D eigenvalue weighted by Crippen LogP contribution is -1.92. The molecule has 0 aliphatic carbocycles. The molecular formula is C14H9ClN2O2S. The van der Waals surface area contributed by atoms with Crippen LogP contribution >= 0.6 is 22.9 Å². The molecule has 0 radical (unpaired) electrons. The maximum atomic E-state index is 6.29. The molecule has 0 amide bonds. The van der Waals surface area contributed by atoms with Crippen LogP contribution in [0.1, 0.15) is 5.56 Å². The first-order valence-corrected chi connectivity index (χ1v) is 7.34. The van der Waals surface area contributed by atoms with Crippen molar-refractivity contribution in [3.05, 3.63) is 33.6 Å². The maximum Gasteiger partial charge on any atom is 0.231 e. The molecule has 0 unspecified atom stereocenters. The highest BCUT2D eigenvalue weighted by Gasteiger charge is 2.18. The summed E-state index contributed by atoms with van der Waals surface area (Å²) >= 11 is 7.91. The molecule has 3 heterocycles. The molecular weight excluding hydrogens is 296 g/mol. The van der Waals surface area contributed by atoms with Crippen LogP contribution in [0.5, 0.6) is 11.5 Å².